The lowest BCUT2D eigenvalue weighted by atomic mass is 10.0. The van der Waals surface area contributed by atoms with Crippen LogP contribution in [0.4, 0.5) is 0 Å². The van der Waals surface area contributed by atoms with E-state index in [4.69, 9.17) is 5.73 Å². The van der Waals surface area contributed by atoms with Crippen LogP contribution in [0.15, 0.2) is 35.3 Å². The normalized spacial score (nSPS) is 18.4. The number of fused-ring (bicyclic) bond motifs is 1. The van der Waals surface area contributed by atoms with Crippen molar-refractivity contribution in [2.24, 2.45) is 10.7 Å². The quantitative estimate of drug-likeness (QED) is 0.378. The van der Waals surface area contributed by atoms with E-state index in [2.05, 4.69) is 60.3 Å². The molecule has 0 aliphatic carbocycles. The van der Waals surface area contributed by atoms with Crippen LogP contribution in [0.3, 0.4) is 0 Å². The van der Waals surface area contributed by atoms with Crippen molar-refractivity contribution in [1.29, 1.82) is 0 Å². The Hall–Kier alpha value is -1.68. The van der Waals surface area contributed by atoms with Gasteiger partial charge in [-0.2, -0.15) is 0 Å². The number of aryl methyl sites for hydroxylation is 1. The van der Waals surface area contributed by atoms with Crippen molar-refractivity contribution in [2.75, 3.05) is 13.1 Å². The van der Waals surface area contributed by atoms with Crippen molar-refractivity contribution < 1.29 is 0 Å². The Morgan fingerprint density at radius 3 is 2.68 bits per heavy atom. The molecule has 0 bridgehead atoms. The number of nitrogens with one attached hydrogen (secondary N) is 1. The lowest BCUT2D eigenvalue weighted by Gasteiger charge is -2.32. The zero-order valence-corrected chi connectivity index (χ0v) is 18.6. The van der Waals surface area contributed by atoms with Gasteiger partial charge in [-0.3, -0.25) is 4.90 Å². The molecule has 3 N–H and O–H groups in total. The van der Waals surface area contributed by atoms with Gasteiger partial charge < -0.3 is 15.6 Å². The van der Waals surface area contributed by atoms with E-state index < -0.39 is 0 Å². The first-order chi connectivity index (χ1) is 13.3. The van der Waals surface area contributed by atoms with Gasteiger partial charge >= 0.3 is 0 Å². The number of halogens is 1. The molecule has 2 aliphatic heterocycles. The van der Waals surface area contributed by atoms with E-state index in [9.17, 15) is 0 Å². The van der Waals surface area contributed by atoms with E-state index in [1.807, 2.05) is 0 Å². The molecule has 8 heteroatoms. The molecule has 0 atom stereocenters. The third-order valence-electron chi connectivity index (χ3n) is 5.52. The highest BCUT2D eigenvalue weighted by molar-refractivity contribution is 14.0. The second kappa shape index (κ2) is 10.2. The summed E-state index contributed by atoms with van der Waals surface area (Å²) in [6.07, 6.45) is 5.59. The maximum atomic E-state index is 6.12. The van der Waals surface area contributed by atoms with E-state index >= 15 is 0 Å². The number of likely N-dealkylation sites (tertiary alicyclic amines) is 1. The molecule has 152 valence electrons. The van der Waals surface area contributed by atoms with E-state index in [-0.39, 0.29) is 24.0 Å². The fraction of sp³-hybridized carbons (Fsp3) is 0.550. The van der Waals surface area contributed by atoms with Gasteiger partial charge in [0.2, 0.25) is 0 Å². The number of hydrogen-bond acceptors (Lipinski definition) is 4. The standard InChI is InChI=1S/C20H29N7.HI/c21-20(22-14-19-25-24-18-8-4-5-11-27(18)19)23-17-9-12-26(13-10-17)15-16-6-2-1-3-7-16;/h1-3,6-7,17H,4-5,8-15H2,(H3,21,22,23);1H. The minimum absolute atomic E-state index is 0. The van der Waals surface area contributed by atoms with Crippen LogP contribution in [0.25, 0.3) is 0 Å². The van der Waals surface area contributed by atoms with E-state index in [0.717, 1.165) is 57.1 Å². The summed E-state index contributed by atoms with van der Waals surface area (Å²) in [5.74, 6) is 2.53. The summed E-state index contributed by atoms with van der Waals surface area (Å²) in [5, 5.41) is 11.9. The number of hydrogen-bond donors (Lipinski definition) is 2. The van der Waals surface area contributed by atoms with Crippen LogP contribution in [-0.4, -0.2) is 44.8 Å². The topological polar surface area (TPSA) is 84.4 Å². The molecule has 1 saturated heterocycles. The van der Waals surface area contributed by atoms with Crippen LogP contribution in [0, 0.1) is 0 Å². The maximum absolute atomic E-state index is 6.12. The predicted octanol–water partition coefficient (Wildman–Crippen LogP) is 2.30. The lowest BCUT2D eigenvalue weighted by Crippen LogP contribution is -2.46. The van der Waals surface area contributed by atoms with Crippen molar-refractivity contribution >= 4 is 29.9 Å². The fourth-order valence-electron chi connectivity index (χ4n) is 3.97. The van der Waals surface area contributed by atoms with Gasteiger partial charge in [-0.1, -0.05) is 30.3 Å². The molecule has 1 aromatic carbocycles. The largest absolute Gasteiger partial charge is 0.370 e. The molecule has 7 nitrogen and oxygen atoms in total. The Bertz CT molecular complexity index is 766. The highest BCUT2D eigenvalue weighted by Gasteiger charge is 2.20. The molecular formula is C20H30IN7. The van der Waals surface area contributed by atoms with Gasteiger partial charge in [-0.25, -0.2) is 4.99 Å². The average molecular weight is 495 g/mol. The highest BCUT2D eigenvalue weighted by Crippen LogP contribution is 2.15. The number of nitrogens with two attached hydrogens (primary N) is 1. The number of rotatable bonds is 5. The Balaban J connectivity index is 0.00000225. The average Bonchev–Trinajstić information content (AvgIpc) is 3.12. The van der Waals surface area contributed by atoms with Gasteiger partial charge in [-0.15, -0.1) is 34.2 Å². The molecule has 4 rings (SSSR count). The van der Waals surface area contributed by atoms with E-state index in [1.54, 1.807) is 0 Å². The molecule has 3 heterocycles. The Kier molecular flexibility index (Phi) is 7.66. The van der Waals surface area contributed by atoms with Crippen molar-refractivity contribution in [3.05, 3.63) is 47.5 Å². The van der Waals surface area contributed by atoms with Crippen LogP contribution in [0.2, 0.25) is 0 Å². The van der Waals surface area contributed by atoms with Crippen molar-refractivity contribution in [1.82, 2.24) is 25.0 Å². The van der Waals surface area contributed by atoms with Gasteiger partial charge in [0, 0.05) is 38.6 Å². The second-order valence-corrected chi connectivity index (χ2v) is 7.52. The minimum Gasteiger partial charge on any atom is -0.370 e. The molecular weight excluding hydrogens is 465 g/mol. The van der Waals surface area contributed by atoms with E-state index in [0.29, 0.717) is 18.5 Å². The summed E-state index contributed by atoms with van der Waals surface area (Å²) in [5.41, 5.74) is 7.50. The van der Waals surface area contributed by atoms with Crippen LogP contribution in [0.1, 0.15) is 42.9 Å². The molecule has 0 saturated carbocycles. The van der Waals surface area contributed by atoms with Crippen LogP contribution < -0.4 is 11.1 Å². The number of piperidine rings is 1. The highest BCUT2D eigenvalue weighted by atomic mass is 127. The number of nitrogens with zero attached hydrogens (tertiary/aromatic N) is 5. The number of guanidine groups is 1. The minimum atomic E-state index is 0. The zero-order chi connectivity index (χ0) is 18.5. The van der Waals surface area contributed by atoms with Gasteiger partial charge in [0.25, 0.3) is 0 Å². The van der Waals surface area contributed by atoms with Gasteiger partial charge in [-0.05, 0) is 31.2 Å². The van der Waals surface area contributed by atoms with Crippen molar-refractivity contribution in [3.63, 3.8) is 0 Å². The molecule has 2 aliphatic rings. The Morgan fingerprint density at radius 2 is 1.89 bits per heavy atom. The maximum Gasteiger partial charge on any atom is 0.189 e. The number of aliphatic imine (C=N–C) groups is 1. The van der Waals surface area contributed by atoms with E-state index in [1.165, 1.54) is 18.4 Å². The third kappa shape index (κ3) is 5.44. The van der Waals surface area contributed by atoms with Gasteiger partial charge in [0.1, 0.15) is 12.4 Å². The first kappa shape index (κ1) is 21.0. The molecule has 0 unspecified atom stereocenters. The van der Waals surface area contributed by atoms with Gasteiger partial charge in [0.15, 0.2) is 11.8 Å². The van der Waals surface area contributed by atoms with Crippen molar-refractivity contribution in [3.8, 4) is 0 Å². The van der Waals surface area contributed by atoms with Crippen molar-refractivity contribution in [2.45, 2.75) is 57.8 Å². The molecule has 0 radical (unpaired) electrons. The molecule has 1 aromatic heterocycles. The SMILES string of the molecule is I.NC(=NCc1nnc2n1CCCC2)NC1CCN(Cc2ccccc2)CC1. The second-order valence-electron chi connectivity index (χ2n) is 7.52. The molecule has 28 heavy (non-hydrogen) atoms. The monoisotopic (exact) mass is 495 g/mol. The summed E-state index contributed by atoms with van der Waals surface area (Å²) >= 11 is 0. The zero-order valence-electron chi connectivity index (χ0n) is 16.3. The van der Waals surface area contributed by atoms with Crippen LogP contribution >= 0.6 is 24.0 Å². The smallest absolute Gasteiger partial charge is 0.189 e. The lowest BCUT2D eigenvalue weighted by molar-refractivity contribution is 0.199. The Labute approximate surface area is 183 Å². The number of benzene rings is 1. The predicted molar refractivity (Wildman–Crippen MR) is 122 cm³/mol. The van der Waals surface area contributed by atoms with Crippen LogP contribution in [-0.2, 0) is 26.1 Å². The molecule has 0 amide bonds. The fourth-order valence-corrected chi connectivity index (χ4v) is 3.97. The molecule has 0 spiro atoms. The molecule has 1 fully saturated rings. The first-order valence-electron chi connectivity index (χ1n) is 10.0. The third-order valence-corrected chi connectivity index (χ3v) is 5.52. The summed E-state index contributed by atoms with van der Waals surface area (Å²) in [6, 6.07) is 11.1. The van der Waals surface area contributed by atoms with Gasteiger partial charge in [0.05, 0.1) is 0 Å². The Morgan fingerprint density at radius 1 is 1.11 bits per heavy atom. The summed E-state index contributed by atoms with van der Waals surface area (Å²) in [7, 11) is 0. The molecule has 2 aromatic rings. The van der Waals surface area contributed by atoms with Crippen LogP contribution in [0.5, 0.6) is 0 Å². The summed E-state index contributed by atoms with van der Waals surface area (Å²) in [4.78, 5) is 7.01. The first-order valence-corrected chi connectivity index (χ1v) is 10.0. The number of aromatic nitrogens is 3. The summed E-state index contributed by atoms with van der Waals surface area (Å²) in [6.45, 7) is 4.68. The summed E-state index contributed by atoms with van der Waals surface area (Å²) < 4.78 is 2.20.